The number of halogens is 1. The van der Waals surface area contributed by atoms with Gasteiger partial charge in [-0.1, -0.05) is 13.0 Å². The van der Waals surface area contributed by atoms with Crippen molar-refractivity contribution in [2.75, 3.05) is 19.6 Å². The minimum absolute atomic E-state index is 0. The number of carbonyl (C=O) groups excluding carboxylic acids is 1. The zero-order valence-electron chi connectivity index (χ0n) is 11.5. The van der Waals surface area contributed by atoms with Gasteiger partial charge in [-0.25, -0.2) is 13.1 Å². The molecule has 0 bridgehead atoms. The van der Waals surface area contributed by atoms with Crippen LogP contribution in [0.15, 0.2) is 23.1 Å². The molecule has 0 aliphatic heterocycles. The van der Waals surface area contributed by atoms with Gasteiger partial charge in [-0.05, 0) is 24.6 Å². The summed E-state index contributed by atoms with van der Waals surface area (Å²) in [6.07, 6.45) is 0. The third-order valence-corrected chi connectivity index (χ3v) is 4.07. The van der Waals surface area contributed by atoms with Crippen LogP contribution in [-0.4, -0.2) is 34.0 Å². The van der Waals surface area contributed by atoms with Gasteiger partial charge in [0.1, 0.15) is 0 Å². The van der Waals surface area contributed by atoms with Gasteiger partial charge in [0.2, 0.25) is 10.0 Å². The van der Waals surface area contributed by atoms with E-state index < -0.39 is 10.0 Å². The summed E-state index contributed by atoms with van der Waals surface area (Å²) in [5, 5.41) is 2.62. The Morgan fingerprint density at radius 1 is 1.35 bits per heavy atom. The summed E-state index contributed by atoms with van der Waals surface area (Å²) in [6.45, 7) is 4.43. The Labute approximate surface area is 125 Å². The molecule has 4 N–H and O–H groups in total. The fourth-order valence-electron chi connectivity index (χ4n) is 1.57. The predicted octanol–water partition coefficient (Wildman–Crippen LogP) is 0.404. The molecule has 0 aliphatic carbocycles. The van der Waals surface area contributed by atoms with Crippen molar-refractivity contribution < 1.29 is 13.2 Å². The van der Waals surface area contributed by atoms with Crippen LogP contribution in [0.25, 0.3) is 0 Å². The van der Waals surface area contributed by atoms with Gasteiger partial charge in [-0.2, -0.15) is 0 Å². The number of hydrogen-bond donors (Lipinski definition) is 3. The first kappa shape index (κ1) is 18.9. The van der Waals surface area contributed by atoms with Gasteiger partial charge in [0.05, 0.1) is 4.90 Å². The molecule has 8 heteroatoms. The molecule has 0 fully saturated rings. The Hall–Kier alpha value is -1.15. The van der Waals surface area contributed by atoms with Gasteiger partial charge >= 0.3 is 0 Å². The minimum Gasteiger partial charge on any atom is -0.351 e. The monoisotopic (exact) mass is 321 g/mol. The molecule has 0 aliphatic rings. The van der Waals surface area contributed by atoms with Gasteiger partial charge in [0.15, 0.2) is 0 Å². The molecule has 6 nitrogen and oxygen atoms in total. The maximum atomic E-state index is 11.9. The van der Waals surface area contributed by atoms with Gasteiger partial charge in [0.25, 0.3) is 5.91 Å². The maximum Gasteiger partial charge on any atom is 0.251 e. The molecule has 1 rings (SSSR count). The first-order valence-electron chi connectivity index (χ1n) is 6.01. The zero-order chi connectivity index (χ0) is 14.5. The van der Waals surface area contributed by atoms with E-state index in [1.807, 2.05) is 0 Å². The first-order valence-corrected chi connectivity index (χ1v) is 7.49. The molecular weight excluding hydrogens is 302 g/mol. The third kappa shape index (κ3) is 4.75. The Bertz CT molecular complexity index is 561. The van der Waals surface area contributed by atoms with E-state index in [9.17, 15) is 13.2 Å². The summed E-state index contributed by atoms with van der Waals surface area (Å²) in [5.41, 5.74) is 6.36. The predicted molar refractivity (Wildman–Crippen MR) is 80.7 cm³/mol. The molecule has 0 atom stereocenters. The van der Waals surface area contributed by atoms with Gasteiger partial charge in [-0.15, -0.1) is 12.4 Å². The van der Waals surface area contributed by atoms with Gasteiger partial charge in [-0.3, -0.25) is 4.79 Å². The second-order valence-corrected chi connectivity index (χ2v) is 5.79. The smallest absolute Gasteiger partial charge is 0.251 e. The lowest BCUT2D eigenvalue weighted by Crippen LogP contribution is -2.30. The topological polar surface area (TPSA) is 101 Å². The molecule has 1 aromatic carbocycles. The average Bonchev–Trinajstić information content (AvgIpc) is 2.36. The highest BCUT2D eigenvalue weighted by molar-refractivity contribution is 7.89. The lowest BCUT2D eigenvalue weighted by molar-refractivity contribution is 0.0954. The SMILES string of the molecule is CCNS(=O)(=O)c1ccc(C)c(C(=O)NCCN)c1.Cl. The van der Waals surface area contributed by atoms with E-state index in [0.29, 0.717) is 30.8 Å². The second-order valence-electron chi connectivity index (χ2n) is 4.02. The van der Waals surface area contributed by atoms with Crippen LogP contribution in [0.5, 0.6) is 0 Å². The fraction of sp³-hybridized carbons (Fsp3) is 0.417. The quantitative estimate of drug-likeness (QED) is 0.706. The molecule has 20 heavy (non-hydrogen) atoms. The standard InChI is InChI=1S/C12H19N3O3S.ClH/c1-3-15-19(17,18)10-5-4-9(2)11(8-10)12(16)14-7-6-13;/h4-5,8,15H,3,6-7,13H2,1-2H3,(H,14,16);1H. The van der Waals surface area contributed by atoms with E-state index in [1.54, 1.807) is 19.9 Å². The summed E-state index contributed by atoms with van der Waals surface area (Å²) in [7, 11) is -3.56. The lowest BCUT2D eigenvalue weighted by atomic mass is 10.1. The van der Waals surface area contributed by atoms with Crippen LogP contribution < -0.4 is 15.8 Å². The number of aryl methyl sites for hydroxylation is 1. The minimum atomic E-state index is -3.56. The van der Waals surface area contributed by atoms with Crippen molar-refractivity contribution in [2.45, 2.75) is 18.7 Å². The van der Waals surface area contributed by atoms with E-state index >= 15 is 0 Å². The van der Waals surface area contributed by atoms with Crippen molar-refractivity contribution in [3.8, 4) is 0 Å². The highest BCUT2D eigenvalue weighted by Crippen LogP contribution is 2.15. The number of hydrogen-bond acceptors (Lipinski definition) is 4. The van der Waals surface area contributed by atoms with Crippen LogP contribution in [0.1, 0.15) is 22.8 Å². The summed E-state index contributed by atoms with van der Waals surface area (Å²) in [4.78, 5) is 12.0. The van der Waals surface area contributed by atoms with E-state index in [0.717, 1.165) is 0 Å². The van der Waals surface area contributed by atoms with Crippen LogP contribution in [0, 0.1) is 6.92 Å². The highest BCUT2D eigenvalue weighted by atomic mass is 35.5. The van der Waals surface area contributed by atoms with Crippen LogP contribution >= 0.6 is 12.4 Å². The van der Waals surface area contributed by atoms with Crippen molar-refractivity contribution in [3.05, 3.63) is 29.3 Å². The Balaban J connectivity index is 0.00000361. The summed E-state index contributed by atoms with van der Waals surface area (Å²) >= 11 is 0. The number of rotatable bonds is 6. The first-order chi connectivity index (χ1) is 8.92. The van der Waals surface area contributed by atoms with Crippen molar-refractivity contribution in [2.24, 2.45) is 5.73 Å². The number of nitrogens with one attached hydrogen (secondary N) is 2. The van der Waals surface area contributed by atoms with Crippen LogP contribution in [0.4, 0.5) is 0 Å². The summed E-state index contributed by atoms with van der Waals surface area (Å²) < 4.78 is 26.1. The molecule has 0 saturated carbocycles. The number of benzene rings is 1. The van der Waals surface area contributed by atoms with Crippen molar-refractivity contribution in [1.29, 1.82) is 0 Å². The number of carbonyl (C=O) groups is 1. The molecule has 1 amide bonds. The number of amides is 1. The Morgan fingerprint density at radius 2 is 2.00 bits per heavy atom. The van der Waals surface area contributed by atoms with Gasteiger partial charge in [0, 0.05) is 25.2 Å². The zero-order valence-corrected chi connectivity index (χ0v) is 13.1. The number of nitrogens with two attached hydrogens (primary N) is 1. The molecule has 0 unspecified atom stereocenters. The molecule has 114 valence electrons. The van der Waals surface area contributed by atoms with Crippen LogP contribution in [0.3, 0.4) is 0 Å². The van der Waals surface area contributed by atoms with Crippen LogP contribution in [-0.2, 0) is 10.0 Å². The average molecular weight is 322 g/mol. The fourth-order valence-corrected chi connectivity index (χ4v) is 2.63. The summed E-state index contributed by atoms with van der Waals surface area (Å²) in [6, 6.07) is 4.47. The lowest BCUT2D eigenvalue weighted by Gasteiger charge is -2.10. The molecule has 0 aromatic heterocycles. The molecule has 0 radical (unpaired) electrons. The third-order valence-electron chi connectivity index (χ3n) is 2.53. The molecule has 0 heterocycles. The van der Waals surface area contributed by atoms with Gasteiger partial charge < -0.3 is 11.1 Å². The van der Waals surface area contributed by atoms with Crippen molar-refractivity contribution in [1.82, 2.24) is 10.0 Å². The van der Waals surface area contributed by atoms with Crippen molar-refractivity contribution >= 4 is 28.3 Å². The molecule has 0 spiro atoms. The normalized spacial score (nSPS) is 10.8. The van der Waals surface area contributed by atoms with E-state index in [2.05, 4.69) is 10.0 Å². The Morgan fingerprint density at radius 3 is 2.55 bits per heavy atom. The largest absolute Gasteiger partial charge is 0.351 e. The van der Waals surface area contributed by atoms with E-state index in [-0.39, 0.29) is 23.2 Å². The molecule has 1 aromatic rings. The second kappa shape index (κ2) is 8.21. The van der Waals surface area contributed by atoms with Crippen LogP contribution in [0.2, 0.25) is 0 Å². The van der Waals surface area contributed by atoms with E-state index in [1.165, 1.54) is 12.1 Å². The molecular formula is C12H20ClN3O3S. The molecule has 0 saturated heterocycles. The maximum absolute atomic E-state index is 11.9. The van der Waals surface area contributed by atoms with E-state index in [4.69, 9.17) is 5.73 Å². The highest BCUT2D eigenvalue weighted by Gasteiger charge is 2.16. The number of sulfonamides is 1. The Kier molecular flexibility index (Phi) is 7.74. The van der Waals surface area contributed by atoms with Crippen molar-refractivity contribution in [3.63, 3.8) is 0 Å². The summed E-state index contributed by atoms with van der Waals surface area (Å²) in [5.74, 6) is -0.323.